The van der Waals surface area contributed by atoms with Crippen LogP contribution in [0.5, 0.6) is 0 Å². The van der Waals surface area contributed by atoms with Crippen LogP contribution in [0.4, 0.5) is 0 Å². The molecule has 0 aromatic heterocycles. The number of rotatable bonds is 8. The Morgan fingerprint density at radius 1 is 1.38 bits per heavy atom. The molecule has 1 fully saturated rings. The van der Waals surface area contributed by atoms with Crippen LogP contribution in [0, 0.1) is 0 Å². The maximum atomic E-state index is 12.0. The van der Waals surface area contributed by atoms with E-state index in [2.05, 4.69) is 9.62 Å². The van der Waals surface area contributed by atoms with Crippen LogP contribution in [-0.4, -0.2) is 44.5 Å². The highest BCUT2D eigenvalue weighted by molar-refractivity contribution is 7.88. The van der Waals surface area contributed by atoms with Gasteiger partial charge in [-0.25, -0.2) is 13.1 Å². The number of nitrogens with one attached hydrogen (secondary N) is 1. The van der Waals surface area contributed by atoms with Crippen molar-refractivity contribution in [3.63, 3.8) is 0 Å². The number of likely N-dealkylation sites (N-methyl/N-ethyl adjacent to an activating group) is 1. The Bertz CT molecular complexity index is 595. The molecule has 0 bridgehead atoms. The van der Waals surface area contributed by atoms with Gasteiger partial charge in [-0.05, 0) is 25.5 Å². The summed E-state index contributed by atoms with van der Waals surface area (Å²) in [6.07, 6.45) is 2.44. The molecule has 116 valence electrons. The van der Waals surface area contributed by atoms with Crippen molar-refractivity contribution in [2.24, 2.45) is 5.73 Å². The van der Waals surface area contributed by atoms with Crippen molar-refractivity contribution in [3.05, 3.63) is 35.4 Å². The first-order chi connectivity index (χ1) is 9.87. The van der Waals surface area contributed by atoms with Gasteiger partial charge in [-0.2, -0.15) is 0 Å². The van der Waals surface area contributed by atoms with E-state index in [0.29, 0.717) is 17.6 Å². The Balaban J connectivity index is 1.83. The SMILES string of the molecule is CN(CCNS(=O)(=O)Cc1ccc(C(N)=S)cc1)C1CC1. The van der Waals surface area contributed by atoms with E-state index in [1.165, 1.54) is 12.8 Å². The Labute approximate surface area is 131 Å². The lowest BCUT2D eigenvalue weighted by molar-refractivity contribution is 0.329. The number of benzene rings is 1. The van der Waals surface area contributed by atoms with Crippen LogP contribution in [0.25, 0.3) is 0 Å². The van der Waals surface area contributed by atoms with Gasteiger partial charge >= 0.3 is 0 Å². The zero-order valence-electron chi connectivity index (χ0n) is 12.1. The highest BCUT2D eigenvalue weighted by Crippen LogP contribution is 2.24. The third-order valence-electron chi connectivity index (χ3n) is 3.55. The van der Waals surface area contributed by atoms with Gasteiger partial charge in [-0.15, -0.1) is 0 Å². The summed E-state index contributed by atoms with van der Waals surface area (Å²) in [5.74, 6) is -0.0300. The summed E-state index contributed by atoms with van der Waals surface area (Å²) < 4.78 is 26.6. The molecule has 0 spiro atoms. The highest BCUT2D eigenvalue weighted by atomic mass is 32.2. The van der Waals surface area contributed by atoms with Crippen molar-refractivity contribution in [1.29, 1.82) is 0 Å². The summed E-state index contributed by atoms with van der Waals surface area (Å²) in [6, 6.07) is 7.61. The van der Waals surface area contributed by atoms with E-state index in [0.717, 1.165) is 17.7 Å². The number of hydrogen-bond donors (Lipinski definition) is 2. The molecule has 21 heavy (non-hydrogen) atoms. The lowest BCUT2D eigenvalue weighted by atomic mass is 10.1. The van der Waals surface area contributed by atoms with E-state index in [1.807, 2.05) is 7.05 Å². The Kier molecular flexibility index (Phi) is 5.32. The number of sulfonamides is 1. The maximum Gasteiger partial charge on any atom is 0.215 e. The zero-order chi connectivity index (χ0) is 15.5. The summed E-state index contributed by atoms with van der Waals surface area (Å²) in [7, 11) is -1.28. The number of nitrogens with two attached hydrogens (primary N) is 1. The van der Waals surface area contributed by atoms with Gasteiger partial charge in [0.1, 0.15) is 4.99 Å². The Hall–Kier alpha value is -1.02. The molecular formula is C14H21N3O2S2. The molecule has 2 rings (SSSR count). The molecule has 7 heteroatoms. The van der Waals surface area contributed by atoms with Gasteiger partial charge in [0.2, 0.25) is 10.0 Å². The van der Waals surface area contributed by atoms with Crippen LogP contribution in [0.3, 0.4) is 0 Å². The van der Waals surface area contributed by atoms with E-state index in [9.17, 15) is 8.42 Å². The molecule has 0 aliphatic heterocycles. The van der Waals surface area contributed by atoms with E-state index in [-0.39, 0.29) is 5.75 Å². The molecule has 1 aliphatic rings. The molecule has 1 aliphatic carbocycles. The van der Waals surface area contributed by atoms with Crippen LogP contribution >= 0.6 is 12.2 Å². The van der Waals surface area contributed by atoms with Gasteiger partial charge in [0.25, 0.3) is 0 Å². The van der Waals surface area contributed by atoms with Gasteiger partial charge in [-0.1, -0.05) is 36.5 Å². The van der Waals surface area contributed by atoms with Crippen LogP contribution in [0.15, 0.2) is 24.3 Å². The van der Waals surface area contributed by atoms with Crippen molar-refractivity contribution in [1.82, 2.24) is 9.62 Å². The van der Waals surface area contributed by atoms with Crippen LogP contribution in [-0.2, 0) is 15.8 Å². The largest absolute Gasteiger partial charge is 0.389 e. The van der Waals surface area contributed by atoms with E-state index in [4.69, 9.17) is 18.0 Å². The molecule has 0 atom stereocenters. The van der Waals surface area contributed by atoms with Gasteiger partial charge in [0, 0.05) is 24.7 Å². The fourth-order valence-corrected chi connectivity index (χ4v) is 3.38. The molecule has 1 aromatic rings. The summed E-state index contributed by atoms with van der Waals surface area (Å²) in [5, 5.41) is 0. The van der Waals surface area contributed by atoms with Crippen molar-refractivity contribution in [3.8, 4) is 0 Å². The van der Waals surface area contributed by atoms with E-state index < -0.39 is 10.0 Å². The summed E-state index contributed by atoms with van der Waals surface area (Å²) in [6.45, 7) is 1.19. The van der Waals surface area contributed by atoms with Crippen molar-refractivity contribution in [2.45, 2.75) is 24.6 Å². The molecule has 1 saturated carbocycles. The van der Waals surface area contributed by atoms with Crippen molar-refractivity contribution >= 4 is 27.2 Å². The zero-order valence-corrected chi connectivity index (χ0v) is 13.7. The Morgan fingerprint density at radius 3 is 2.52 bits per heavy atom. The van der Waals surface area contributed by atoms with Crippen LogP contribution in [0.1, 0.15) is 24.0 Å². The van der Waals surface area contributed by atoms with Gasteiger partial charge < -0.3 is 10.6 Å². The third kappa shape index (κ3) is 5.35. The normalized spacial score (nSPS) is 15.3. The number of nitrogens with zero attached hydrogens (tertiary/aromatic N) is 1. The quantitative estimate of drug-likeness (QED) is 0.692. The first kappa shape index (κ1) is 16.4. The smallest absolute Gasteiger partial charge is 0.215 e. The fraction of sp³-hybridized carbons (Fsp3) is 0.500. The van der Waals surface area contributed by atoms with E-state index in [1.54, 1.807) is 24.3 Å². The molecule has 3 N–H and O–H groups in total. The molecule has 0 radical (unpaired) electrons. The average Bonchev–Trinajstić information content (AvgIpc) is 3.22. The number of thiocarbonyl (C=S) groups is 1. The molecule has 0 saturated heterocycles. The predicted octanol–water partition coefficient (Wildman–Crippen LogP) is 0.834. The molecule has 0 heterocycles. The molecule has 5 nitrogen and oxygen atoms in total. The minimum Gasteiger partial charge on any atom is -0.389 e. The van der Waals surface area contributed by atoms with Crippen molar-refractivity contribution in [2.75, 3.05) is 20.1 Å². The second-order valence-corrected chi connectivity index (χ2v) is 7.67. The summed E-state index contributed by atoms with van der Waals surface area (Å²) in [5.41, 5.74) is 6.97. The van der Waals surface area contributed by atoms with Gasteiger partial charge in [0.05, 0.1) is 5.75 Å². The minimum absolute atomic E-state index is 0.0300. The highest BCUT2D eigenvalue weighted by Gasteiger charge is 2.25. The predicted molar refractivity (Wildman–Crippen MR) is 88.6 cm³/mol. The van der Waals surface area contributed by atoms with Gasteiger partial charge in [-0.3, -0.25) is 0 Å². The molecule has 0 unspecified atom stereocenters. The molecule has 1 aromatic carbocycles. The summed E-state index contributed by atoms with van der Waals surface area (Å²) in [4.78, 5) is 2.50. The first-order valence-electron chi connectivity index (χ1n) is 6.94. The maximum absolute atomic E-state index is 12.0. The third-order valence-corrected chi connectivity index (χ3v) is 5.14. The fourth-order valence-electron chi connectivity index (χ4n) is 2.11. The van der Waals surface area contributed by atoms with Crippen LogP contribution in [0.2, 0.25) is 0 Å². The molecular weight excluding hydrogens is 306 g/mol. The lowest BCUT2D eigenvalue weighted by Crippen LogP contribution is -2.34. The van der Waals surface area contributed by atoms with E-state index >= 15 is 0 Å². The second-order valence-electron chi connectivity index (χ2n) is 5.43. The standard InChI is InChI=1S/C14H21N3O2S2/c1-17(13-6-7-13)9-8-16-21(18,19)10-11-2-4-12(5-3-11)14(15)20/h2-5,13,16H,6-10H2,1H3,(H2,15,20). The monoisotopic (exact) mass is 327 g/mol. The minimum atomic E-state index is -3.31. The lowest BCUT2D eigenvalue weighted by Gasteiger charge is -2.15. The second kappa shape index (κ2) is 6.83. The van der Waals surface area contributed by atoms with Crippen molar-refractivity contribution < 1.29 is 8.42 Å². The molecule has 0 amide bonds. The number of hydrogen-bond acceptors (Lipinski definition) is 4. The van der Waals surface area contributed by atoms with Crippen LogP contribution < -0.4 is 10.5 Å². The summed E-state index contributed by atoms with van der Waals surface area (Å²) >= 11 is 4.87. The van der Waals surface area contributed by atoms with Gasteiger partial charge in [0.15, 0.2) is 0 Å². The Morgan fingerprint density at radius 2 is 2.00 bits per heavy atom. The first-order valence-corrected chi connectivity index (χ1v) is 9.00. The topological polar surface area (TPSA) is 75.4 Å². The average molecular weight is 327 g/mol.